The van der Waals surface area contributed by atoms with E-state index in [-0.39, 0.29) is 29.9 Å². The van der Waals surface area contributed by atoms with Crippen LogP contribution in [0.5, 0.6) is 0 Å². The van der Waals surface area contributed by atoms with E-state index in [1.807, 2.05) is 12.3 Å². The lowest BCUT2D eigenvalue weighted by Gasteiger charge is -2.47. The third-order valence-electron chi connectivity index (χ3n) is 8.14. The highest BCUT2D eigenvalue weighted by Crippen LogP contribution is 2.47. The summed E-state index contributed by atoms with van der Waals surface area (Å²) in [5.41, 5.74) is 2.57. The smallest absolute Gasteiger partial charge is 0.336 e. The van der Waals surface area contributed by atoms with E-state index < -0.39 is 0 Å². The second-order valence-electron chi connectivity index (χ2n) is 9.90. The first-order valence-corrected chi connectivity index (χ1v) is 12.0. The Morgan fingerprint density at radius 2 is 2.00 bits per heavy atom. The van der Waals surface area contributed by atoms with Crippen molar-refractivity contribution < 1.29 is 14.3 Å². The highest BCUT2D eigenvalue weighted by molar-refractivity contribution is 5.92. The van der Waals surface area contributed by atoms with Gasteiger partial charge in [-0.25, -0.2) is 9.78 Å². The van der Waals surface area contributed by atoms with Crippen LogP contribution in [0.4, 0.5) is 0 Å². The SMILES string of the molecule is CC1=C(N2CCC3(CCC(N(C)[C@H](C)c4ccc(-n5cnnn5)nc4)CC3)CC2=O)COC1=O. The van der Waals surface area contributed by atoms with Gasteiger partial charge in [0.15, 0.2) is 5.82 Å². The van der Waals surface area contributed by atoms with Crippen molar-refractivity contribution in [3.63, 3.8) is 0 Å². The maximum atomic E-state index is 13.0. The molecule has 180 valence electrons. The van der Waals surface area contributed by atoms with Gasteiger partial charge in [-0.05, 0) is 80.5 Å². The van der Waals surface area contributed by atoms with Gasteiger partial charge in [0, 0.05) is 31.2 Å². The zero-order chi connectivity index (χ0) is 23.9. The Labute approximate surface area is 199 Å². The first-order chi connectivity index (χ1) is 16.4. The molecule has 4 heterocycles. The Morgan fingerprint density at radius 1 is 1.21 bits per heavy atom. The molecule has 10 heteroatoms. The molecule has 2 aromatic heterocycles. The highest BCUT2D eigenvalue weighted by atomic mass is 16.5. The van der Waals surface area contributed by atoms with Crippen molar-refractivity contribution in [1.82, 2.24) is 35.0 Å². The van der Waals surface area contributed by atoms with Gasteiger partial charge in [0.25, 0.3) is 0 Å². The van der Waals surface area contributed by atoms with E-state index in [0.717, 1.165) is 43.4 Å². The van der Waals surface area contributed by atoms with Crippen molar-refractivity contribution in [2.75, 3.05) is 20.2 Å². The Kier molecular flexibility index (Phi) is 5.93. The van der Waals surface area contributed by atoms with Crippen LogP contribution in [0.25, 0.3) is 5.82 Å². The number of likely N-dealkylation sites (tertiary alicyclic amines) is 1. The number of esters is 1. The molecule has 10 nitrogen and oxygen atoms in total. The summed E-state index contributed by atoms with van der Waals surface area (Å²) in [7, 11) is 2.18. The number of pyridine rings is 1. The van der Waals surface area contributed by atoms with Gasteiger partial charge in [-0.2, -0.15) is 4.68 Å². The number of carbonyl (C=O) groups is 2. The quantitative estimate of drug-likeness (QED) is 0.620. The minimum absolute atomic E-state index is 0.0845. The maximum Gasteiger partial charge on any atom is 0.336 e. The molecule has 1 saturated heterocycles. The largest absolute Gasteiger partial charge is 0.456 e. The summed E-state index contributed by atoms with van der Waals surface area (Å²) in [4.78, 5) is 33.5. The zero-order valence-corrected chi connectivity index (χ0v) is 20.0. The van der Waals surface area contributed by atoms with E-state index in [9.17, 15) is 9.59 Å². The Morgan fingerprint density at radius 3 is 2.59 bits per heavy atom. The van der Waals surface area contributed by atoms with E-state index >= 15 is 0 Å². The number of ether oxygens (including phenoxy) is 1. The first-order valence-electron chi connectivity index (χ1n) is 12.0. The van der Waals surface area contributed by atoms with Crippen LogP contribution in [0.3, 0.4) is 0 Å². The molecule has 1 atom stereocenters. The van der Waals surface area contributed by atoms with Crippen LogP contribution in [0.15, 0.2) is 35.9 Å². The molecule has 1 spiro atoms. The van der Waals surface area contributed by atoms with Crippen molar-refractivity contribution >= 4 is 11.9 Å². The topological polar surface area (TPSA) is 106 Å². The number of piperidine rings is 1. The zero-order valence-electron chi connectivity index (χ0n) is 20.0. The molecule has 0 aromatic carbocycles. The van der Waals surface area contributed by atoms with E-state index in [4.69, 9.17) is 4.74 Å². The van der Waals surface area contributed by atoms with Crippen LogP contribution < -0.4 is 0 Å². The molecule has 0 unspecified atom stereocenters. The van der Waals surface area contributed by atoms with Crippen LogP contribution >= 0.6 is 0 Å². The molecule has 1 saturated carbocycles. The van der Waals surface area contributed by atoms with Gasteiger partial charge in [0.2, 0.25) is 5.91 Å². The fraction of sp³-hybridized carbons (Fsp3) is 0.583. The fourth-order valence-electron chi connectivity index (χ4n) is 5.66. The molecule has 2 aliphatic heterocycles. The predicted molar refractivity (Wildman–Crippen MR) is 122 cm³/mol. The van der Waals surface area contributed by atoms with Crippen molar-refractivity contribution in [2.45, 2.75) is 64.5 Å². The third-order valence-corrected chi connectivity index (χ3v) is 8.14. The van der Waals surface area contributed by atoms with Gasteiger partial charge in [-0.3, -0.25) is 9.69 Å². The third kappa shape index (κ3) is 4.11. The number of tetrazole rings is 1. The summed E-state index contributed by atoms with van der Waals surface area (Å²) in [5, 5.41) is 11.2. The monoisotopic (exact) mass is 465 g/mol. The second kappa shape index (κ2) is 8.90. The first kappa shape index (κ1) is 22.6. The van der Waals surface area contributed by atoms with Gasteiger partial charge in [-0.1, -0.05) is 6.07 Å². The fourth-order valence-corrected chi connectivity index (χ4v) is 5.66. The molecule has 0 bridgehead atoms. The number of hydrogen-bond acceptors (Lipinski definition) is 8. The number of amides is 1. The predicted octanol–water partition coefficient (Wildman–Crippen LogP) is 2.43. The molecule has 0 N–H and O–H groups in total. The number of aromatic nitrogens is 5. The summed E-state index contributed by atoms with van der Waals surface area (Å²) in [6.45, 7) is 4.86. The Balaban J connectivity index is 1.18. The van der Waals surface area contributed by atoms with Crippen LogP contribution in [0.1, 0.15) is 64.0 Å². The lowest BCUT2D eigenvalue weighted by molar-refractivity contribution is -0.139. The Bertz CT molecular complexity index is 1090. The van der Waals surface area contributed by atoms with E-state index in [1.165, 1.54) is 6.33 Å². The molecular weight excluding hydrogens is 434 g/mol. The van der Waals surface area contributed by atoms with E-state index in [0.29, 0.717) is 30.4 Å². The number of nitrogens with zero attached hydrogens (tertiary/aromatic N) is 7. The van der Waals surface area contributed by atoms with Crippen LogP contribution in [-0.2, 0) is 14.3 Å². The van der Waals surface area contributed by atoms with Crippen LogP contribution in [-0.4, -0.2) is 73.1 Å². The molecular formula is C24H31N7O3. The van der Waals surface area contributed by atoms with Gasteiger partial charge in [0.05, 0.1) is 11.3 Å². The average Bonchev–Trinajstić information content (AvgIpc) is 3.50. The molecule has 34 heavy (non-hydrogen) atoms. The summed E-state index contributed by atoms with van der Waals surface area (Å²) < 4.78 is 6.66. The van der Waals surface area contributed by atoms with E-state index in [2.05, 4.69) is 45.4 Å². The Hall–Kier alpha value is -3.14. The molecule has 1 aliphatic carbocycles. The summed E-state index contributed by atoms with van der Waals surface area (Å²) in [6, 6.07) is 4.72. The normalized spacial score (nSPS) is 26.5. The summed E-state index contributed by atoms with van der Waals surface area (Å²) in [5.74, 6) is 0.521. The second-order valence-corrected chi connectivity index (χ2v) is 9.90. The lowest BCUT2D eigenvalue weighted by Crippen LogP contribution is -2.47. The molecule has 2 fully saturated rings. The van der Waals surface area contributed by atoms with Crippen molar-refractivity contribution in [3.8, 4) is 5.82 Å². The minimum Gasteiger partial charge on any atom is -0.456 e. The van der Waals surface area contributed by atoms with Crippen LogP contribution in [0.2, 0.25) is 0 Å². The van der Waals surface area contributed by atoms with Gasteiger partial charge in [-0.15, -0.1) is 5.10 Å². The number of cyclic esters (lactones) is 1. The van der Waals surface area contributed by atoms with Gasteiger partial charge in [0.1, 0.15) is 12.9 Å². The standard InChI is InChI=1S/C24H31N7O3/c1-16-20(14-34-23(16)33)30-11-10-24(12-22(30)32)8-6-19(7-9-24)29(3)17(2)18-4-5-21(25-13-18)31-15-26-27-28-31/h4-5,13,15,17,19H,6-12,14H2,1-3H3/t17-,19?,24?/m1/s1. The van der Waals surface area contributed by atoms with Gasteiger partial charge < -0.3 is 9.64 Å². The van der Waals surface area contributed by atoms with Gasteiger partial charge >= 0.3 is 5.97 Å². The summed E-state index contributed by atoms with van der Waals surface area (Å²) >= 11 is 0. The average molecular weight is 466 g/mol. The minimum atomic E-state index is -0.305. The number of hydrogen-bond donors (Lipinski definition) is 0. The highest BCUT2D eigenvalue weighted by Gasteiger charge is 2.44. The molecule has 3 aliphatic rings. The molecule has 2 aromatic rings. The number of rotatable bonds is 5. The van der Waals surface area contributed by atoms with E-state index in [1.54, 1.807) is 16.5 Å². The lowest BCUT2D eigenvalue weighted by atomic mass is 9.66. The van der Waals surface area contributed by atoms with Crippen molar-refractivity contribution in [3.05, 3.63) is 41.5 Å². The molecule has 5 rings (SSSR count). The number of carbonyl (C=O) groups excluding carboxylic acids is 2. The van der Waals surface area contributed by atoms with Crippen molar-refractivity contribution in [2.24, 2.45) is 5.41 Å². The summed E-state index contributed by atoms with van der Waals surface area (Å²) in [6.07, 6.45) is 9.23. The van der Waals surface area contributed by atoms with Crippen molar-refractivity contribution in [1.29, 1.82) is 0 Å². The molecule has 1 amide bonds. The molecule has 0 radical (unpaired) electrons. The van der Waals surface area contributed by atoms with Crippen LogP contribution in [0, 0.1) is 5.41 Å². The maximum absolute atomic E-state index is 13.0.